The summed E-state index contributed by atoms with van der Waals surface area (Å²) in [5, 5.41) is 4.30. The number of anilines is 1. The molecule has 0 radical (unpaired) electrons. The summed E-state index contributed by atoms with van der Waals surface area (Å²) >= 11 is 0. The molecular formula is C11H10N4O. The second-order valence-electron chi connectivity index (χ2n) is 3.61. The highest BCUT2D eigenvalue weighted by atomic mass is 16.3. The topological polar surface area (TPSA) is 69.9 Å². The first kappa shape index (κ1) is 8.96. The molecule has 3 rings (SSSR count). The highest BCUT2D eigenvalue weighted by molar-refractivity contribution is 5.79. The molecule has 16 heavy (non-hydrogen) atoms. The van der Waals surface area contributed by atoms with Crippen LogP contribution in [0.15, 0.2) is 35.1 Å². The number of nitrogen functional groups attached to an aromatic ring is 1. The first-order valence-electron chi connectivity index (χ1n) is 4.87. The minimum atomic E-state index is 0.634. The monoisotopic (exact) mass is 214 g/mol. The summed E-state index contributed by atoms with van der Waals surface area (Å²) in [6.45, 7) is 0. The van der Waals surface area contributed by atoms with Gasteiger partial charge in [-0.05, 0) is 18.2 Å². The Balaban J connectivity index is 2.17. The lowest BCUT2D eigenvalue weighted by atomic mass is 10.1. The van der Waals surface area contributed by atoms with Crippen molar-refractivity contribution in [1.29, 1.82) is 0 Å². The highest BCUT2D eigenvalue weighted by Crippen LogP contribution is 2.23. The first-order chi connectivity index (χ1) is 7.74. The van der Waals surface area contributed by atoms with E-state index in [0.29, 0.717) is 5.82 Å². The number of benzene rings is 1. The normalized spacial score (nSPS) is 11.1. The van der Waals surface area contributed by atoms with Crippen LogP contribution in [-0.2, 0) is 7.05 Å². The maximum atomic E-state index is 5.74. The molecule has 3 aromatic rings. The van der Waals surface area contributed by atoms with Gasteiger partial charge < -0.3 is 10.2 Å². The van der Waals surface area contributed by atoms with Gasteiger partial charge in [0, 0.05) is 18.7 Å². The number of hydrogen-bond acceptors (Lipinski definition) is 4. The van der Waals surface area contributed by atoms with Gasteiger partial charge in [-0.25, -0.2) is 4.98 Å². The van der Waals surface area contributed by atoms with Gasteiger partial charge in [0.2, 0.25) is 0 Å². The number of rotatable bonds is 1. The molecule has 0 aliphatic heterocycles. The maximum absolute atomic E-state index is 5.74. The minimum Gasteiger partial charge on any atom is -0.443 e. The molecule has 2 heterocycles. The molecule has 2 aromatic heterocycles. The van der Waals surface area contributed by atoms with Crippen molar-refractivity contribution >= 4 is 16.9 Å². The van der Waals surface area contributed by atoms with Crippen LogP contribution < -0.4 is 5.73 Å². The Hall–Kier alpha value is -2.30. The molecule has 0 atom stereocenters. The molecule has 0 amide bonds. The fraction of sp³-hybridized carbons (Fsp3) is 0.0909. The van der Waals surface area contributed by atoms with Gasteiger partial charge >= 0.3 is 0 Å². The smallest absolute Gasteiger partial charge is 0.181 e. The van der Waals surface area contributed by atoms with Gasteiger partial charge in [-0.2, -0.15) is 5.10 Å². The average molecular weight is 214 g/mol. The van der Waals surface area contributed by atoms with Crippen molar-refractivity contribution in [2.45, 2.75) is 0 Å². The summed E-state index contributed by atoms with van der Waals surface area (Å²) in [6.07, 6.45) is 1.43. The Morgan fingerprint density at radius 2 is 2.19 bits per heavy atom. The maximum Gasteiger partial charge on any atom is 0.181 e. The molecule has 80 valence electrons. The molecule has 1 aromatic carbocycles. The molecule has 0 unspecified atom stereocenters. The van der Waals surface area contributed by atoms with Gasteiger partial charge in [0.15, 0.2) is 12.0 Å². The van der Waals surface area contributed by atoms with Crippen LogP contribution in [0.5, 0.6) is 0 Å². The van der Waals surface area contributed by atoms with Gasteiger partial charge in [0.05, 0.1) is 5.69 Å². The zero-order chi connectivity index (χ0) is 11.1. The average Bonchev–Trinajstić information content (AvgIpc) is 2.85. The van der Waals surface area contributed by atoms with E-state index in [0.717, 1.165) is 22.4 Å². The number of nitrogens with zero attached hydrogens (tertiary/aromatic N) is 3. The third-order valence-corrected chi connectivity index (χ3v) is 2.54. The fourth-order valence-corrected chi connectivity index (χ4v) is 1.64. The summed E-state index contributed by atoms with van der Waals surface area (Å²) in [6, 6.07) is 7.58. The van der Waals surface area contributed by atoms with Crippen molar-refractivity contribution in [2.24, 2.45) is 7.05 Å². The quantitative estimate of drug-likeness (QED) is 0.670. The zero-order valence-corrected chi connectivity index (χ0v) is 8.71. The van der Waals surface area contributed by atoms with Gasteiger partial charge in [-0.3, -0.25) is 4.68 Å². The number of aryl methyl sites for hydroxylation is 1. The lowest BCUT2D eigenvalue weighted by Gasteiger charge is -1.95. The SMILES string of the molecule is Cn1nc(-c2ccc3ocnc3c2)cc1N. The van der Waals surface area contributed by atoms with Crippen LogP contribution in [0.25, 0.3) is 22.4 Å². The number of nitrogens with two attached hydrogens (primary N) is 1. The largest absolute Gasteiger partial charge is 0.443 e. The van der Waals surface area contributed by atoms with Gasteiger partial charge in [0.1, 0.15) is 11.3 Å². The Morgan fingerprint density at radius 3 is 2.94 bits per heavy atom. The van der Waals surface area contributed by atoms with Crippen molar-refractivity contribution in [1.82, 2.24) is 14.8 Å². The Morgan fingerprint density at radius 1 is 1.31 bits per heavy atom. The molecule has 5 heteroatoms. The van der Waals surface area contributed by atoms with Crippen LogP contribution in [0.4, 0.5) is 5.82 Å². The van der Waals surface area contributed by atoms with E-state index in [-0.39, 0.29) is 0 Å². The molecule has 0 bridgehead atoms. The van der Waals surface area contributed by atoms with Crippen molar-refractivity contribution in [3.05, 3.63) is 30.7 Å². The van der Waals surface area contributed by atoms with E-state index in [1.807, 2.05) is 31.3 Å². The molecule has 0 spiro atoms. The summed E-state index contributed by atoms with van der Waals surface area (Å²) < 4.78 is 6.82. The predicted molar refractivity (Wildman–Crippen MR) is 60.6 cm³/mol. The van der Waals surface area contributed by atoms with Crippen molar-refractivity contribution in [2.75, 3.05) is 5.73 Å². The summed E-state index contributed by atoms with van der Waals surface area (Å²) in [5.74, 6) is 0.634. The first-order valence-corrected chi connectivity index (χ1v) is 4.87. The third-order valence-electron chi connectivity index (χ3n) is 2.54. The number of aromatic nitrogens is 3. The van der Waals surface area contributed by atoms with Crippen LogP contribution in [0.1, 0.15) is 0 Å². The predicted octanol–water partition coefficient (Wildman–Crippen LogP) is 1.81. The summed E-state index contributed by atoms with van der Waals surface area (Å²) in [5.41, 5.74) is 9.15. The molecule has 5 nitrogen and oxygen atoms in total. The number of fused-ring (bicyclic) bond motifs is 1. The van der Waals surface area contributed by atoms with Crippen LogP contribution in [0, 0.1) is 0 Å². The van der Waals surface area contributed by atoms with Crippen LogP contribution in [-0.4, -0.2) is 14.8 Å². The van der Waals surface area contributed by atoms with Crippen LogP contribution in [0.3, 0.4) is 0 Å². The standard InChI is InChI=1S/C11H10N4O/c1-15-11(12)5-8(14-15)7-2-3-10-9(4-7)13-6-16-10/h2-6H,12H2,1H3. The number of hydrogen-bond donors (Lipinski definition) is 1. The minimum absolute atomic E-state index is 0.634. The van der Waals surface area contributed by atoms with Gasteiger partial charge in [0.25, 0.3) is 0 Å². The Labute approximate surface area is 91.5 Å². The molecule has 0 aliphatic carbocycles. The van der Waals surface area contributed by atoms with E-state index in [1.54, 1.807) is 4.68 Å². The lowest BCUT2D eigenvalue weighted by molar-refractivity contribution is 0.602. The van der Waals surface area contributed by atoms with Crippen molar-refractivity contribution in [3.63, 3.8) is 0 Å². The lowest BCUT2D eigenvalue weighted by Crippen LogP contribution is -1.96. The molecule has 0 fully saturated rings. The van der Waals surface area contributed by atoms with Crippen LogP contribution >= 0.6 is 0 Å². The van der Waals surface area contributed by atoms with Crippen LogP contribution in [0.2, 0.25) is 0 Å². The number of oxazole rings is 1. The third kappa shape index (κ3) is 1.25. The fourth-order valence-electron chi connectivity index (χ4n) is 1.64. The molecule has 2 N–H and O–H groups in total. The molecule has 0 saturated carbocycles. The Bertz CT molecular complexity index is 633. The van der Waals surface area contributed by atoms with E-state index in [9.17, 15) is 0 Å². The van der Waals surface area contributed by atoms with E-state index < -0.39 is 0 Å². The summed E-state index contributed by atoms with van der Waals surface area (Å²) in [4.78, 5) is 4.10. The van der Waals surface area contributed by atoms with Gasteiger partial charge in [-0.15, -0.1) is 0 Å². The molecular weight excluding hydrogens is 204 g/mol. The highest BCUT2D eigenvalue weighted by Gasteiger charge is 2.06. The van der Waals surface area contributed by atoms with E-state index in [4.69, 9.17) is 10.2 Å². The second kappa shape index (κ2) is 3.10. The van der Waals surface area contributed by atoms with Gasteiger partial charge in [-0.1, -0.05) is 0 Å². The van der Waals surface area contributed by atoms with Crippen molar-refractivity contribution < 1.29 is 4.42 Å². The van der Waals surface area contributed by atoms with E-state index in [2.05, 4.69) is 10.1 Å². The molecule has 0 aliphatic rings. The Kier molecular flexibility index (Phi) is 1.73. The van der Waals surface area contributed by atoms with Crippen molar-refractivity contribution in [3.8, 4) is 11.3 Å². The summed E-state index contributed by atoms with van der Waals surface area (Å²) in [7, 11) is 1.81. The second-order valence-corrected chi connectivity index (χ2v) is 3.61. The zero-order valence-electron chi connectivity index (χ0n) is 8.71. The molecule has 0 saturated heterocycles. The van der Waals surface area contributed by atoms with E-state index >= 15 is 0 Å². The van der Waals surface area contributed by atoms with E-state index in [1.165, 1.54) is 6.39 Å².